The molecule has 7 heteroatoms. The highest BCUT2D eigenvalue weighted by Gasteiger charge is 2.09. The summed E-state index contributed by atoms with van der Waals surface area (Å²) in [6.45, 7) is 0. The molecule has 0 aliphatic heterocycles. The van der Waals surface area contributed by atoms with Gasteiger partial charge in [0, 0.05) is 6.20 Å². The lowest BCUT2D eigenvalue weighted by atomic mass is 10.3. The monoisotopic (exact) mass is 325 g/mol. The van der Waals surface area contributed by atoms with E-state index in [1.807, 2.05) is 30.3 Å². The molecule has 3 aromatic rings. The van der Waals surface area contributed by atoms with Crippen LogP contribution < -0.4 is 11.0 Å². The second kappa shape index (κ2) is 6.85. The van der Waals surface area contributed by atoms with Gasteiger partial charge in [-0.2, -0.15) is 14.9 Å². The van der Waals surface area contributed by atoms with E-state index in [2.05, 4.69) is 20.6 Å². The fourth-order valence-electron chi connectivity index (χ4n) is 1.88. The Hall–Kier alpha value is -2.99. The first-order valence-electron chi connectivity index (χ1n) is 6.79. The van der Waals surface area contributed by atoms with E-state index >= 15 is 0 Å². The zero-order chi connectivity index (χ0) is 16.1. The summed E-state index contributed by atoms with van der Waals surface area (Å²) in [5, 5.41) is 8.12. The first-order chi connectivity index (χ1) is 11.3. The Morgan fingerprint density at radius 3 is 2.65 bits per heavy atom. The summed E-state index contributed by atoms with van der Waals surface area (Å²) in [6, 6.07) is 14.5. The number of nitrogens with zero attached hydrogens (tertiary/aromatic N) is 4. The van der Waals surface area contributed by atoms with Crippen LogP contribution >= 0.6 is 11.6 Å². The molecular weight excluding hydrogens is 314 g/mol. The molecule has 0 atom stereocenters. The van der Waals surface area contributed by atoms with Crippen LogP contribution in [0.5, 0.6) is 0 Å². The summed E-state index contributed by atoms with van der Waals surface area (Å²) in [5.74, 6) is 0. The lowest BCUT2D eigenvalue weighted by Gasteiger charge is -2.07. The van der Waals surface area contributed by atoms with E-state index < -0.39 is 5.56 Å². The van der Waals surface area contributed by atoms with Crippen LogP contribution in [0.3, 0.4) is 0 Å². The predicted octanol–water partition coefficient (Wildman–Crippen LogP) is 2.73. The Morgan fingerprint density at radius 1 is 1.13 bits per heavy atom. The molecule has 1 aromatic carbocycles. The van der Waals surface area contributed by atoms with Crippen molar-refractivity contribution in [1.82, 2.24) is 14.8 Å². The van der Waals surface area contributed by atoms with Gasteiger partial charge in [-0.15, -0.1) is 0 Å². The van der Waals surface area contributed by atoms with Crippen molar-refractivity contribution in [3.8, 4) is 5.69 Å². The van der Waals surface area contributed by atoms with Crippen LogP contribution in [-0.2, 0) is 0 Å². The predicted molar refractivity (Wildman–Crippen MR) is 90.3 cm³/mol. The average Bonchev–Trinajstić information content (AvgIpc) is 2.60. The number of hydrogen-bond donors (Lipinski definition) is 1. The summed E-state index contributed by atoms with van der Waals surface area (Å²) in [4.78, 5) is 16.4. The van der Waals surface area contributed by atoms with Crippen LogP contribution in [0.1, 0.15) is 5.69 Å². The molecule has 0 saturated heterocycles. The highest BCUT2D eigenvalue weighted by Crippen LogP contribution is 2.16. The van der Waals surface area contributed by atoms with E-state index in [4.69, 9.17) is 11.6 Å². The third-order valence-corrected chi connectivity index (χ3v) is 3.35. The molecule has 0 unspecified atom stereocenters. The van der Waals surface area contributed by atoms with Crippen molar-refractivity contribution in [3.63, 3.8) is 0 Å². The Morgan fingerprint density at radius 2 is 1.91 bits per heavy atom. The summed E-state index contributed by atoms with van der Waals surface area (Å²) >= 11 is 6.10. The molecule has 0 bridgehead atoms. The fraction of sp³-hybridized carbons (Fsp3) is 0. The molecule has 0 aliphatic carbocycles. The highest BCUT2D eigenvalue weighted by atomic mass is 35.5. The van der Waals surface area contributed by atoms with Gasteiger partial charge in [0.15, 0.2) is 0 Å². The number of para-hydroxylation sites is 1. The van der Waals surface area contributed by atoms with Crippen molar-refractivity contribution in [2.75, 3.05) is 5.43 Å². The minimum atomic E-state index is -0.420. The van der Waals surface area contributed by atoms with Gasteiger partial charge >= 0.3 is 0 Å². The van der Waals surface area contributed by atoms with Gasteiger partial charge in [0.2, 0.25) is 0 Å². The highest BCUT2D eigenvalue weighted by molar-refractivity contribution is 6.32. The number of nitrogens with one attached hydrogen (secondary N) is 1. The maximum absolute atomic E-state index is 12.3. The molecule has 2 aromatic heterocycles. The van der Waals surface area contributed by atoms with E-state index in [-0.39, 0.29) is 5.02 Å². The average molecular weight is 326 g/mol. The molecule has 0 amide bonds. The van der Waals surface area contributed by atoms with Gasteiger partial charge in [0.1, 0.15) is 10.7 Å². The van der Waals surface area contributed by atoms with E-state index in [0.29, 0.717) is 17.1 Å². The van der Waals surface area contributed by atoms with E-state index in [0.717, 1.165) is 0 Å². The first-order valence-corrected chi connectivity index (χ1v) is 7.17. The van der Waals surface area contributed by atoms with Crippen LogP contribution in [-0.4, -0.2) is 21.0 Å². The van der Waals surface area contributed by atoms with Gasteiger partial charge in [0.05, 0.1) is 23.8 Å². The number of benzene rings is 1. The van der Waals surface area contributed by atoms with Crippen molar-refractivity contribution in [1.29, 1.82) is 0 Å². The quantitative estimate of drug-likeness (QED) is 0.591. The number of halogens is 1. The van der Waals surface area contributed by atoms with Gasteiger partial charge in [0.25, 0.3) is 5.56 Å². The normalized spacial score (nSPS) is 10.8. The van der Waals surface area contributed by atoms with Crippen LogP contribution in [0.25, 0.3) is 5.69 Å². The molecule has 0 fully saturated rings. The summed E-state index contributed by atoms with van der Waals surface area (Å²) in [6.07, 6.45) is 4.64. The molecule has 0 aliphatic rings. The van der Waals surface area contributed by atoms with Crippen LogP contribution in [0.15, 0.2) is 70.8 Å². The standard InChI is InChI=1S/C16H12ClN5O/c17-15-14(21-19-10-12-6-4-5-9-18-12)11-20-22(16(15)23)13-7-2-1-3-8-13/h1-11,21H/b19-10+. The zero-order valence-electron chi connectivity index (χ0n) is 11.9. The minimum absolute atomic E-state index is 0.0158. The number of anilines is 1. The van der Waals surface area contributed by atoms with Gasteiger partial charge in [-0.3, -0.25) is 15.2 Å². The number of hydrazone groups is 1. The van der Waals surface area contributed by atoms with Gasteiger partial charge in [-0.1, -0.05) is 35.9 Å². The number of rotatable bonds is 4. The molecule has 6 nitrogen and oxygen atoms in total. The van der Waals surface area contributed by atoms with Gasteiger partial charge in [-0.25, -0.2) is 0 Å². The van der Waals surface area contributed by atoms with E-state index in [1.54, 1.807) is 24.4 Å². The molecule has 0 spiro atoms. The number of hydrogen-bond acceptors (Lipinski definition) is 5. The molecule has 114 valence electrons. The SMILES string of the molecule is O=c1c(Cl)c(N/N=C/c2ccccn2)cnn1-c1ccccc1. The second-order valence-corrected chi connectivity index (χ2v) is 4.93. The molecule has 3 rings (SSSR count). The lowest BCUT2D eigenvalue weighted by molar-refractivity contribution is 0.808. The molecular formula is C16H12ClN5O. The van der Waals surface area contributed by atoms with E-state index in [1.165, 1.54) is 17.1 Å². The summed E-state index contributed by atoms with van der Waals surface area (Å²) in [7, 11) is 0. The first kappa shape index (κ1) is 14.9. The lowest BCUT2D eigenvalue weighted by Crippen LogP contribution is -2.22. The summed E-state index contributed by atoms with van der Waals surface area (Å²) in [5.41, 5.74) is 3.94. The Kier molecular flexibility index (Phi) is 4.44. The number of pyridine rings is 1. The fourth-order valence-corrected chi connectivity index (χ4v) is 2.06. The topological polar surface area (TPSA) is 72.2 Å². The summed E-state index contributed by atoms with van der Waals surface area (Å²) < 4.78 is 1.23. The van der Waals surface area contributed by atoms with Gasteiger partial charge in [-0.05, 0) is 24.3 Å². The van der Waals surface area contributed by atoms with Crippen LogP contribution in [0, 0.1) is 0 Å². The maximum Gasteiger partial charge on any atom is 0.292 e. The third kappa shape index (κ3) is 3.44. The van der Waals surface area contributed by atoms with Crippen molar-refractivity contribution in [3.05, 3.63) is 82.0 Å². The smallest absolute Gasteiger partial charge is 0.275 e. The van der Waals surface area contributed by atoms with Crippen LogP contribution in [0.2, 0.25) is 5.02 Å². The maximum atomic E-state index is 12.3. The molecule has 2 heterocycles. The molecule has 23 heavy (non-hydrogen) atoms. The molecule has 0 radical (unpaired) electrons. The molecule has 1 N–H and O–H groups in total. The number of aromatic nitrogens is 3. The Balaban J connectivity index is 1.84. The van der Waals surface area contributed by atoms with Crippen molar-refractivity contribution in [2.24, 2.45) is 5.10 Å². The molecule has 0 saturated carbocycles. The minimum Gasteiger partial charge on any atom is -0.275 e. The van der Waals surface area contributed by atoms with Crippen molar-refractivity contribution >= 4 is 23.5 Å². The Bertz CT molecular complexity index is 878. The largest absolute Gasteiger partial charge is 0.292 e. The third-order valence-electron chi connectivity index (χ3n) is 2.99. The van der Waals surface area contributed by atoms with Crippen molar-refractivity contribution < 1.29 is 0 Å². The van der Waals surface area contributed by atoms with E-state index in [9.17, 15) is 4.79 Å². The Labute approximate surface area is 137 Å². The second-order valence-electron chi connectivity index (χ2n) is 4.55. The zero-order valence-corrected chi connectivity index (χ0v) is 12.7. The van der Waals surface area contributed by atoms with Crippen LogP contribution in [0.4, 0.5) is 5.69 Å². The van der Waals surface area contributed by atoms with Gasteiger partial charge < -0.3 is 0 Å². The van der Waals surface area contributed by atoms with Crippen molar-refractivity contribution in [2.45, 2.75) is 0 Å².